The molecule has 1 aliphatic rings. The van der Waals surface area contributed by atoms with Crippen molar-refractivity contribution in [3.63, 3.8) is 0 Å². The predicted molar refractivity (Wildman–Crippen MR) is 95.0 cm³/mol. The monoisotopic (exact) mass is 317 g/mol. The molecule has 0 bridgehead atoms. The maximum atomic E-state index is 12.4. The van der Waals surface area contributed by atoms with Gasteiger partial charge in [-0.3, -0.25) is 4.79 Å². The minimum absolute atomic E-state index is 0.0953. The molecule has 0 saturated heterocycles. The summed E-state index contributed by atoms with van der Waals surface area (Å²) in [6.45, 7) is 0. The standard InChI is InChI=1S/C20H19N3O/c24-20(16-10-7-11-16)21-19-14-18(15-8-3-1-4-9-15)22-23(19)17-12-5-2-6-13-17/h1-6,8-9,12-14,16H,7,10-11H2,(H,21,24). The van der Waals surface area contributed by atoms with Gasteiger partial charge in [-0.2, -0.15) is 5.10 Å². The third kappa shape index (κ3) is 2.83. The van der Waals surface area contributed by atoms with Crippen LogP contribution in [0.1, 0.15) is 19.3 Å². The lowest BCUT2D eigenvalue weighted by Gasteiger charge is -2.24. The van der Waals surface area contributed by atoms with Crippen LogP contribution < -0.4 is 5.32 Å². The van der Waals surface area contributed by atoms with E-state index >= 15 is 0 Å². The van der Waals surface area contributed by atoms with Gasteiger partial charge in [0, 0.05) is 17.5 Å². The normalized spacial score (nSPS) is 14.2. The molecule has 2 aromatic carbocycles. The van der Waals surface area contributed by atoms with Gasteiger partial charge in [-0.15, -0.1) is 0 Å². The molecular weight excluding hydrogens is 298 g/mol. The van der Waals surface area contributed by atoms with Crippen molar-refractivity contribution in [3.8, 4) is 16.9 Å². The minimum Gasteiger partial charge on any atom is -0.310 e. The predicted octanol–water partition coefficient (Wildman–Crippen LogP) is 4.28. The van der Waals surface area contributed by atoms with Crippen molar-refractivity contribution in [2.75, 3.05) is 5.32 Å². The van der Waals surface area contributed by atoms with Gasteiger partial charge in [0.2, 0.25) is 5.91 Å². The van der Waals surface area contributed by atoms with Gasteiger partial charge in [0.1, 0.15) is 5.82 Å². The van der Waals surface area contributed by atoms with Crippen LogP contribution in [0.4, 0.5) is 5.82 Å². The van der Waals surface area contributed by atoms with E-state index in [1.165, 1.54) is 0 Å². The van der Waals surface area contributed by atoms with Gasteiger partial charge in [-0.1, -0.05) is 55.0 Å². The molecule has 1 fully saturated rings. The SMILES string of the molecule is O=C(Nc1cc(-c2ccccc2)nn1-c1ccccc1)C1CCC1. The number of anilines is 1. The molecule has 0 spiro atoms. The van der Waals surface area contributed by atoms with Crippen molar-refractivity contribution in [1.29, 1.82) is 0 Å². The number of hydrogen-bond donors (Lipinski definition) is 1. The second kappa shape index (κ2) is 6.32. The van der Waals surface area contributed by atoms with Crippen LogP contribution >= 0.6 is 0 Å². The molecule has 1 heterocycles. The Labute approximate surface area is 141 Å². The van der Waals surface area contributed by atoms with E-state index in [1.54, 1.807) is 4.68 Å². The van der Waals surface area contributed by atoms with Gasteiger partial charge < -0.3 is 5.32 Å². The van der Waals surface area contributed by atoms with Crippen molar-refractivity contribution < 1.29 is 4.79 Å². The average molecular weight is 317 g/mol. The summed E-state index contributed by atoms with van der Waals surface area (Å²) < 4.78 is 1.80. The van der Waals surface area contributed by atoms with Crippen molar-refractivity contribution in [2.45, 2.75) is 19.3 Å². The van der Waals surface area contributed by atoms with Gasteiger partial charge in [0.15, 0.2) is 0 Å². The number of benzene rings is 2. The Morgan fingerprint density at radius 3 is 2.29 bits per heavy atom. The van der Waals surface area contributed by atoms with Crippen molar-refractivity contribution in [1.82, 2.24) is 9.78 Å². The average Bonchev–Trinajstić information content (AvgIpc) is 2.98. The Morgan fingerprint density at radius 1 is 1.00 bits per heavy atom. The summed E-state index contributed by atoms with van der Waals surface area (Å²) in [5.74, 6) is 0.958. The number of amides is 1. The number of hydrogen-bond acceptors (Lipinski definition) is 2. The summed E-state index contributed by atoms with van der Waals surface area (Å²) >= 11 is 0. The van der Waals surface area contributed by atoms with E-state index in [0.29, 0.717) is 0 Å². The minimum atomic E-state index is 0.0953. The topological polar surface area (TPSA) is 46.9 Å². The van der Waals surface area contributed by atoms with Crippen LogP contribution in [0.15, 0.2) is 66.7 Å². The highest BCUT2D eigenvalue weighted by atomic mass is 16.2. The van der Waals surface area contributed by atoms with Crippen LogP contribution in [-0.4, -0.2) is 15.7 Å². The molecule has 0 aliphatic heterocycles. The molecule has 0 unspecified atom stereocenters. The fourth-order valence-electron chi connectivity index (χ4n) is 2.88. The van der Waals surface area contributed by atoms with Gasteiger partial charge in [-0.05, 0) is 25.0 Å². The van der Waals surface area contributed by atoms with E-state index in [9.17, 15) is 4.79 Å². The zero-order valence-electron chi connectivity index (χ0n) is 13.4. The van der Waals surface area contributed by atoms with Gasteiger partial charge in [0.05, 0.1) is 11.4 Å². The fraction of sp³-hybridized carbons (Fsp3) is 0.200. The third-order valence-corrected chi connectivity index (χ3v) is 4.51. The zero-order valence-corrected chi connectivity index (χ0v) is 13.4. The van der Waals surface area contributed by atoms with Gasteiger partial charge >= 0.3 is 0 Å². The van der Waals surface area contributed by atoms with Crippen LogP contribution in [-0.2, 0) is 4.79 Å². The first-order valence-corrected chi connectivity index (χ1v) is 8.33. The summed E-state index contributed by atoms with van der Waals surface area (Å²) in [6, 6.07) is 21.8. The van der Waals surface area contributed by atoms with Crippen LogP contribution in [0.5, 0.6) is 0 Å². The number of aromatic nitrogens is 2. The van der Waals surface area contributed by atoms with Crippen LogP contribution in [0.2, 0.25) is 0 Å². The molecule has 1 aromatic heterocycles. The molecule has 3 aromatic rings. The van der Waals surface area contributed by atoms with Gasteiger partial charge in [-0.25, -0.2) is 4.68 Å². The maximum absolute atomic E-state index is 12.4. The lowest BCUT2D eigenvalue weighted by atomic mass is 9.85. The molecule has 24 heavy (non-hydrogen) atoms. The summed E-state index contributed by atoms with van der Waals surface area (Å²) in [5.41, 5.74) is 2.82. The highest BCUT2D eigenvalue weighted by Gasteiger charge is 2.26. The summed E-state index contributed by atoms with van der Waals surface area (Å²) in [6.07, 6.45) is 3.11. The first-order chi connectivity index (χ1) is 11.8. The first-order valence-electron chi connectivity index (χ1n) is 8.33. The third-order valence-electron chi connectivity index (χ3n) is 4.51. The van der Waals surface area contributed by atoms with Crippen molar-refractivity contribution in [3.05, 3.63) is 66.7 Å². The lowest BCUT2D eigenvalue weighted by molar-refractivity contribution is -0.122. The highest BCUT2D eigenvalue weighted by molar-refractivity contribution is 5.93. The maximum Gasteiger partial charge on any atom is 0.228 e. The Morgan fingerprint density at radius 2 is 1.67 bits per heavy atom. The van der Waals surface area contributed by atoms with Gasteiger partial charge in [0.25, 0.3) is 0 Å². The Balaban J connectivity index is 1.72. The van der Waals surface area contributed by atoms with E-state index < -0.39 is 0 Å². The molecule has 4 nitrogen and oxygen atoms in total. The molecule has 4 heteroatoms. The Bertz CT molecular complexity index is 836. The van der Waals surface area contributed by atoms with Crippen LogP contribution in [0, 0.1) is 5.92 Å². The molecule has 0 atom stereocenters. The quantitative estimate of drug-likeness (QED) is 0.781. The Hall–Kier alpha value is -2.88. The molecule has 1 saturated carbocycles. The van der Waals surface area contributed by atoms with E-state index in [-0.39, 0.29) is 11.8 Å². The van der Waals surface area contributed by atoms with Crippen molar-refractivity contribution in [2.24, 2.45) is 5.92 Å². The summed E-state index contributed by atoms with van der Waals surface area (Å²) in [5, 5.41) is 7.77. The second-order valence-corrected chi connectivity index (χ2v) is 6.15. The fourth-order valence-corrected chi connectivity index (χ4v) is 2.88. The molecule has 120 valence electrons. The zero-order chi connectivity index (χ0) is 16.4. The van der Waals surface area contributed by atoms with Crippen LogP contribution in [0.3, 0.4) is 0 Å². The van der Waals surface area contributed by atoms with Crippen molar-refractivity contribution >= 4 is 11.7 Å². The number of carbonyl (C=O) groups is 1. The summed E-state index contributed by atoms with van der Waals surface area (Å²) in [7, 11) is 0. The molecule has 1 aliphatic carbocycles. The Kier molecular flexibility index (Phi) is 3.87. The lowest BCUT2D eigenvalue weighted by Crippen LogP contribution is -2.28. The first kappa shape index (κ1) is 14.7. The number of para-hydroxylation sites is 1. The van der Waals surface area contributed by atoms with E-state index in [1.807, 2.05) is 66.7 Å². The summed E-state index contributed by atoms with van der Waals surface area (Å²) in [4.78, 5) is 12.4. The molecular formula is C20H19N3O. The number of nitrogens with zero attached hydrogens (tertiary/aromatic N) is 2. The second-order valence-electron chi connectivity index (χ2n) is 6.15. The van der Waals surface area contributed by atoms with E-state index in [2.05, 4.69) is 5.32 Å². The van der Waals surface area contributed by atoms with Crippen LogP contribution in [0.25, 0.3) is 16.9 Å². The largest absolute Gasteiger partial charge is 0.310 e. The number of carbonyl (C=O) groups excluding carboxylic acids is 1. The molecule has 4 rings (SSSR count). The highest BCUT2D eigenvalue weighted by Crippen LogP contribution is 2.29. The molecule has 1 amide bonds. The smallest absolute Gasteiger partial charge is 0.228 e. The molecule has 0 radical (unpaired) electrons. The van der Waals surface area contributed by atoms with E-state index in [0.717, 1.165) is 42.0 Å². The number of rotatable bonds is 4. The molecule has 1 N–H and O–H groups in total. The number of nitrogens with one attached hydrogen (secondary N) is 1. The van der Waals surface area contributed by atoms with E-state index in [4.69, 9.17) is 5.10 Å².